The van der Waals surface area contributed by atoms with Crippen LogP contribution < -0.4 is 0 Å². The molecule has 0 saturated heterocycles. The van der Waals surface area contributed by atoms with Gasteiger partial charge >= 0.3 is 26.0 Å². The van der Waals surface area contributed by atoms with E-state index in [1.807, 2.05) is 0 Å². The van der Waals surface area contributed by atoms with Crippen molar-refractivity contribution in [2.45, 2.75) is 0 Å². The second-order valence-corrected chi connectivity index (χ2v) is 1.24. The Labute approximate surface area is 26.9 Å². The summed E-state index contributed by atoms with van der Waals surface area (Å²) in [4.78, 5) is 0. The fourth-order valence-corrected chi connectivity index (χ4v) is 0. The van der Waals surface area contributed by atoms with Crippen LogP contribution in [0.15, 0.2) is 0 Å². The van der Waals surface area contributed by atoms with Gasteiger partial charge in [-0.1, -0.05) is 0 Å². The first-order chi connectivity index (χ1) is 1.73. The van der Waals surface area contributed by atoms with Gasteiger partial charge in [0.05, 0.1) is 0 Å². The molecule has 4 heteroatoms. The molecule has 0 aromatic rings. The molecule has 3 nitrogen and oxygen atoms in total. The summed E-state index contributed by atoms with van der Waals surface area (Å²) in [6, 6.07) is 0. The van der Waals surface area contributed by atoms with Gasteiger partial charge in [-0.25, -0.2) is 0 Å². The third-order valence-electron chi connectivity index (χ3n) is 0. The third-order valence-corrected chi connectivity index (χ3v) is 0. The molecule has 0 spiro atoms. The van der Waals surface area contributed by atoms with Gasteiger partial charge in [-0.15, -0.1) is 0 Å². The van der Waals surface area contributed by atoms with Gasteiger partial charge in [0.25, 0.3) is 0 Å². The molecule has 0 unspecified atom stereocenters. The first kappa shape index (κ1) is 4.08. The van der Waals surface area contributed by atoms with Crippen LogP contribution in [0.25, 0.3) is 0 Å². The van der Waals surface area contributed by atoms with E-state index in [9.17, 15) is 0 Å². The zero-order valence-electron chi connectivity index (χ0n) is 1.71. The molecular formula is H2O3Se. The van der Waals surface area contributed by atoms with Crippen LogP contribution >= 0.6 is 0 Å². The molecule has 0 rings (SSSR count). The van der Waals surface area contributed by atoms with Crippen molar-refractivity contribution in [3.63, 3.8) is 0 Å². The maximum absolute atomic E-state index is 8.67. The Morgan fingerprint density at radius 2 is 1.50 bits per heavy atom. The molecule has 0 saturated carbocycles. The summed E-state index contributed by atoms with van der Waals surface area (Å²) in [5.74, 6) is 0. The second-order valence-electron chi connectivity index (χ2n) is 0.238. The standard InChI is InChI=1S/H2O3Se/c1-4(2)3/h4H,(H,1,2,3). The van der Waals surface area contributed by atoms with E-state index in [2.05, 4.69) is 0 Å². The van der Waals surface area contributed by atoms with Crippen molar-refractivity contribution >= 4 is 14.1 Å². The van der Waals surface area contributed by atoms with Crippen molar-refractivity contribution in [3.05, 3.63) is 0 Å². The van der Waals surface area contributed by atoms with Crippen molar-refractivity contribution in [2.75, 3.05) is 0 Å². The summed E-state index contributed by atoms with van der Waals surface area (Å²) >= 11 is -3.69. The van der Waals surface area contributed by atoms with Gasteiger partial charge in [0, 0.05) is 0 Å². The second kappa shape index (κ2) is 1.40. The molecule has 0 aromatic carbocycles. The minimum atomic E-state index is -3.69. The quantitative estimate of drug-likeness (QED) is 0.407. The van der Waals surface area contributed by atoms with Gasteiger partial charge < -0.3 is 0 Å². The van der Waals surface area contributed by atoms with E-state index in [0.717, 1.165) is 0 Å². The Morgan fingerprint density at radius 1 is 1.50 bits per heavy atom. The summed E-state index contributed by atoms with van der Waals surface area (Å²) in [6.07, 6.45) is 0. The molecule has 4 heavy (non-hydrogen) atoms. The molecule has 0 bridgehead atoms. The molecule has 0 aliphatic carbocycles. The van der Waals surface area contributed by atoms with Gasteiger partial charge in [0.2, 0.25) is 0 Å². The van der Waals surface area contributed by atoms with Crippen LogP contribution in [0.2, 0.25) is 0 Å². The van der Waals surface area contributed by atoms with Crippen LogP contribution in [-0.2, 0) is 7.67 Å². The van der Waals surface area contributed by atoms with E-state index in [-0.39, 0.29) is 0 Å². The minimum absolute atomic E-state index is 3.69. The fourth-order valence-electron chi connectivity index (χ4n) is 0. The molecule has 0 heterocycles. The first-order valence-electron chi connectivity index (χ1n) is 0.565. The van der Waals surface area contributed by atoms with Crippen molar-refractivity contribution in [2.24, 2.45) is 0 Å². The van der Waals surface area contributed by atoms with E-state index >= 15 is 0 Å². The fraction of sp³-hybridized carbons (Fsp3) is 0. The van der Waals surface area contributed by atoms with E-state index in [1.165, 1.54) is 0 Å². The average molecular weight is 129 g/mol. The number of hydrogen-bond donors (Lipinski definition) is 1. The van der Waals surface area contributed by atoms with Crippen LogP contribution in [0.1, 0.15) is 0 Å². The van der Waals surface area contributed by atoms with Crippen molar-refractivity contribution < 1.29 is 11.9 Å². The summed E-state index contributed by atoms with van der Waals surface area (Å²) in [5, 5.41) is 0. The van der Waals surface area contributed by atoms with Crippen LogP contribution in [-0.4, -0.2) is 18.3 Å². The molecule has 1 N–H and O–H groups in total. The predicted molar refractivity (Wildman–Crippen MR) is 10.7 cm³/mol. The van der Waals surface area contributed by atoms with Crippen molar-refractivity contribution in [3.8, 4) is 0 Å². The monoisotopic (exact) mass is 130 g/mol. The Morgan fingerprint density at radius 3 is 1.50 bits per heavy atom. The van der Waals surface area contributed by atoms with E-state index < -0.39 is 14.1 Å². The normalized spacial score (nSPS) is 8.50. The molecular weight excluding hydrogens is 127 g/mol. The SMILES string of the molecule is O=[SeH](=O)O. The Bertz CT molecular complexity index is 51.7. The van der Waals surface area contributed by atoms with Crippen molar-refractivity contribution in [1.82, 2.24) is 0 Å². The van der Waals surface area contributed by atoms with Crippen LogP contribution in [0, 0.1) is 0 Å². The molecule has 0 atom stereocenters. The topological polar surface area (TPSA) is 54.4 Å². The third kappa shape index (κ3) is 384. The van der Waals surface area contributed by atoms with E-state index in [4.69, 9.17) is 11.9 Å². The summed E-state index contributed by atoms with van der Waals surface area (Å²) < 4.78 is 24.4. The zero-order chi connectivity index (χ0) is 3.58. The predicted octanol–water partition coefficient (Wildman–Crippen LogP) is -1.44. The Hall–Kier alpha value is 0.0795. The summed E-state index contributed by atoms with van der Waals surface area (Å²) in [5.41, 5.74) is 0. The van der Waals surface area contributed by atoms with Crippen LogP contribution in [0.5, 0.6) is 0 Å². The van der Waals surface area contributed by atoms with Gasteiger partial charge in [-0.3, -0.25) is 0 Å². The number of hydrogen-bond acceptors (Lipinski definition) is 2. The molecule has 0 aliphatic heterocycles. The Balaban J connectivity index is 3.51. The van der Waals surface area contributed by atoms with Gasteiger partial charge in [-0.05, 0) is 0 Å². The van der Waals surface area contributed by atoms with E-state index in [1.54, 1.807) is 0 Å². The van der Waals surface area contributed by atoms with Gasteiger partial charge in [-0.2, -0.15) is 0 Å². The molecule has 26 valence electrons. The molecule has 0 aromatic heterocycles. The van der Waals surface area contributed by atoms with E-state index in [0.29, 0.717) is 0 Å². The maximum atomic E-state index is 8.67. The van der Waals surface area contributed by atoms with Crippen LogP contribution in [0.3, 0.4) is 0 Å². The summed E-state index contributed by atoms with van der Waals surface area (Å²) in [6.45, 7) is 0. The Kier molecular flexibility index (Phi) is 1.43. The molecule has 0 radical (unpaired) electrons. The summed E-state index contributed by atoms with van der Waals surface area (Å²) in [7, 11) is 0. The average Bonchev–Trinajstić information content (AvgIpc) is 0.811. The zero-order valence-corrected chi connectivity index (χ0v) is 3.59. The first-order valence-corrected chi connectivity index (χ1v) is 2.94. The van der Waals surface area contributed by atoms with Crippen LogP contribution in [0.4, 0.5) is 0 Å². The molecule has 0 fully saturated rings. The molecule has 0 aliphatic rings. The van der Waals surface area contributed by atoms with Crippen molar-refractivity contribution in [1.29, 1.82) is 0 Å². The number of rotatable bonds is 0. The van der Waals surface area contributed by atoms with Gasteiger partial charge in [0.15, 0.2) is 0 Å². The molecule has 0 amide bonds. The van der Waals surface area contributed by atoms with Gasteiger partial charge in [0.1, 0.15) is 0 Å².